The molecule has 1 rings (SSSR count). The van der Waals surface area contributed by atoms with Gasteiger partial charge in [-0.05, 0) is 18.9 Å². The summed E-state index contributed by atoms with van der Waals surface area (Å²) in [5, 5.41) is 14.1. The number of nitrogens with zero attached hydrogens (tertiary/aromatic N) is 4. The fourth-order valence-corrected chi connectivity index (χ4v) is 1.40. The maximum Gasteiger partial charge on any atom is 0.275 e. The van der Waals surface area contributed by atoms with Crippen molar-refractivity contribution in [1.29, 1.82) is 0 Å². The second-order valence-electron chi connectivity index (χ2n) is 3.04. The third-order valence-electron chi connectivity index (χ3n) is 2.05. The van der Waals surface area contributed by atoms with Gasteiger partial charge in [0.05, 0.1) is 4.92 Å². The Morgan fingerprint density at radius 1 is 1.60 bits per heavy atom. The van der Waals surface area contributed by atoms with Gasteiger partial charge in [0.2, 0.25) is 0 Å². The van der Waals surface area contributed by atoms with E-state index in [1.165, 1.54) is 0 Å². The summed E-state index contributed by atoms with van der Waals surface area (Å²) in [7, 11) is 0. The molecule has 0 saturated heterocycles. The highest BCUT2D eigenvalue weighted by Gasteiger charge is 2.15. The molecular formula is C9H10N4O2. The topological polar surface area (TPSA) is 91.9 Å². The molecule has 1 aromatic carbocycles. The van der Waals surface area contributed by atoms with Crippen LogP contribution in [0.25, 0.3) is 10.4 Å². The van der Waals surface area contributed by atoms with E-state index < -0.39 is 4.92 Å². The summed E-state index contributed by atoms with van der Waals surface area (Å²) in [6, 6.07) is 5.13. The second kappa shape index (κ2) is 4.97. The smallest absolute Gasteiger partial charge is 0.258 e. The fourth-order valence-electron chi connectivity index (χ4n) is 1.40. The summed E-state index contributed by atoms with van der Waals surface area (Å²) in [6.45, 7) is 1.93. The van der Waals surface area contributed by atoms with Crippen LogP contribution in [0.2, 0.25) is 0 Å². The van der Waals surface area contributed by atoms with Gasteiger partial charge in [0.1, 0.15) is 0 Å². The largest absolute Gasteiger partial charge is 0.275 e. The monoisotopic (exact) mass is 206 g/mol. The molecule has 0 atom stereocenters. The lowest BCUT2D eigenvalue weighted by atomic mass is 10.1. The number of para-hydroxylation sites is 1. The molecule has 78 valence electrons. The molecule has 0 spiro atoms. The highest BCUT2D eigenvalue weighted by Crippen LogP contribution is 2.23. The van der Waals surface area contributed by atoms with E-state index in [2.05, 4.69) is 10.0 Å². The lowest BCUT2D eigenvalue weighted by Crippen LogP contribution is -1.99. The van der Waals surface area contributed by atoms with Crippen LogP contribution in [-0.4, -0.2) is 11.5 Å². The van der Waals surface area contributed by atoms with Crippen molar-refractivity contribution in [3.05, 3.63) is 49.9 Å². The van der Waals surface area contributed by atoms with Crippen molar-refractivity contribution >= 4 is 5.69 Å². The molecule has 0 aliphatic heterocycles. The van der Waals surface area contributed by atoms with Crippen LogP contribution in [-0.2, 0) is 6.42 Å². The number of nitro benzene ring substituents is 1. The first-order valence-electron chi connectivity index (χ1n) is 4.40. The minimum Gasteiger partial charge on any atom is -0.258 e. The molecule has 1 aromatic rings. The highest BCUT2D eigenvalue weighted by atomic mass is 16.6. The summed E-state index contributed by atoms with van der Waals surface area (Å²) in [4.78, 5) is 13.0. The van der Waals surface area contributed by atoms with E-state index in [1.54, 1.807) is 25.1 Å². The van der Waals surface area contributed by atoms with Crippen LogP contribution in [0.4, 0.5) is 5.69 Å². The zero-order valence-corrected chi connectivity index (χ0v) is 8.25. The van der Waals surface area contributed by atoms with Gasteiger partial charge in [0.25, 0.3) is 5.69 Å². The normalized spacial score (nSPS) is 9.40. The number of nitro groups is 1. The number of rotatable bonds is 4. The number of hydrogen-bond donors (Lipinski definition) is 0. The highest BCUT2D eigenvalue weighted by molar-refractivity contribution is 5.47. The average Bonchev–Trinajstić information content (AvgIpc) is 2.17. The lowest BCUT2D eigenvalue weighted by molar-refractivity contribution is -0.386. The van der Waals surface area contributed by atoms with E-state index >= 15 is 0 Å². The van der Waals surface area contributed by atoms with Crippen molar-refractivity contribution in [2.24, 2.45) is 5.11 Å². The standard InChI is InChI=1S/C9H10N4O2/c1-7-3-2-4-8(5-6-11-12-10)9(7)13(14)15/h2-4H,5-6H2,1H3. The Kier molecular flexibility index (Phi) is 3.65. The van der Waals surface area contributed by atoms with E-state index in [1.807, 2.05) is 0 Å². The molecular weight excluding hydrogens is 196 g/mol. The molecule has 15 heavy (non-hydrogen) atoms. The Bertz CT molecular complexity index is 424. The second-order valence-corrected chi connectivity index (χ2v) is 3.04. The Balaban J connectivity index is 3.00. The molecule has 0 aromatic heterocycles. The Hall–Kier alpha value is -2.07. The first kappa shape index (κ1) is 11.0. The molecule has 0 fully saturated rings. The van der Waals surface area contributed by atoms with Crippen molar-refractivity contribution in [2.45, 2.75) is 13.3 Å². The third-order valence-corrected chi connectivity index (χ3v) is 2.05. The van der Waals surface area contributed by atoms with Gasteiger partial charge in [-0.2, -0.15) is 0 Å². The predicted molar refractivity (Wildman–Crippen MR) is 55.6 cm³/mol. The van der Waals surface area contributed by atoms with Crippen LogP contribution >= 0.6 is 0 Å². The first-order chi connectivity index (χ1) is 7.16. The molecule has 6 heteroatoms. The number of benzene rings is 1. The van der Waals surface area contributed by atoms with Crippen LogP contribution in [0.15, 0.2) is 23.3 Å². The van der Waals surface area contributed by atoms with Gasteiger partial charge in [-0.3, -0.25) is 10.1 Å². The van der Waals surface area contributed by atoms with E-state index in [9.17, 15) is 10.1 Å². The van der Waals surface area contributed by atoms with E-state index in [0.29, 0.717) is 17.5 Å². The van der Waals surface area contributed by atoms with Gasteiger partial charge in [-0.1, -0.05) is 23.3 Å². The van der Waals surface area contributed by atoms with Crippen molar-refractivity contribution in [3.63, 3.8) is 0 Å². The van der Waals surface area contributed by atoms with Gasteiger partial charge < -0.3 is 0 Å². The summed E-state index contributed by atoms with van der Waals surface area (Å²) in [5.74, 6) is 0. The third kappa shape index (κ3) is 2.69. The molecule has 0 saturated carbocycles. The molecule has 0 aliphatic rings. The van der Waals surface area contributed by atoms with Gasteiger partial charge in [0.15, 0.2) is 0 Å². The van der Waals surface area contributed by atoms with Crippen LogP contribution < -0.4 is 0 Å². The SMILES string of the molecule is Cc1cccc(CCN=[N+]=[N-])c1[N+](=O)[O-]. The maximum absolute atomic E-state index is 10.8. The van der Waals surface area contributed by atoms with Crippen molar-refractivity contribution in [1.82, 2.24) is 0 Å². The molecule has 0 N–H and O–H groups in total. The van der Waals surface area contributed by atoms with Crippen LogP contribution in [0, 0.1) is 17.0 Å². The summed E-state index contributed by atoms with van der Waals surface area (Å²) in [6.07, 6.45) is 0.391. The molecule has 0 bridgehead atoms. The van der Waals surface area contributed by atoms with Crippen LogP contribution in [0.3, 0.4) is 0 Å². The number of aryl methyl sites for hydroxylation is 1. The van der Waals surface area contributed by atoms with Gasteiger partial charge in [0, 0.05) is 22.6 Å². The first-order valence-corrected chi connectivity index (χ1v) is 4.40. The molecule has 0 amide bonds. The lowest BCUT2D eigenvalue weighted by Gasteiger charge is -2.02. The zero-order chi connectivity index (χ0) is 11.3. The number of hydrogen-bond acceptors (Lipinski definition) is 3. The molecule has 0 radical (unpaired) electrons. The molecule has 6 nitrogen and oxygen atoms in total. The van der Waals surface area contributed by atoms with Gasteiger partial charge >= 0.3 is 0 Å². The van der Waals surface area contributed by atoms with Crippen molar-refractivity contribution in [2.75, 3.05) is 6.54 Å². The van der Waals surface area contributed by atoms with Gasteiger partial charge in [-0.15, -0.1) is 0 Å². The van der Waals surface area contributed by atoms with E-state index in [0.717, 1.165) is 0 Å². The zero-order valence-electron chi connectivity index (χ0n) is 8.25. The number of azide groups is 1. The molecule has 0 unspecified atom stereocenters. The van der Waals surface area contributed by atoms with Crippen molar-refractivity contribution < 1.29 is 4.92 Å². The Morgan fingerprint density at radius 3 is 2.93 bits per heavy atom. The van der Waals surface area contributed by atoms with Crippen LogP contribution in [0.5, 0.6) is 0 Å². The summed E-state index contributed by atoms with van der Waals surface area (Å²) >= 11 is 0. The summed E-state index contributed by atoms with van der Waals surface area (Å²) < 4.78 is 0. The average molecular weight is 206 g/mol. The Morgan fingerprint density at radius 2 is 2.33 bits per heavy atom. The predicted octanol–water partition coefficient (Wildman–Crippen LogP) is 2.76. The minimum atomic E-state index is -0.402. The minimum absolute atomic E-state index is 0.116. The maximum atomic E-state index is 10.8. The molecule has 0 heterocycles. The fraction of sp³-hybridized carbons (Fsp3) is 0.333. The van der Waals surface area contributed by atoms with Crippen LogP contribution in [0.1, 0.15) is 11.1 Å². The van der Waals surface area contributed by atoms with Gasteiger partial charge in [-0.25, -0.2) is 0 Å². The van der Waals surface area contributed by atoms with Crippen molar-refractivity contribution in [3.8, 4) is 0 Å². The quantitative estimate of drug-likeness (QED) is 0.249. The van der Waals surface area contributed by atoms with E-state index in [4.69, 9.17) is 5.53 Å². The molecule has 0 aliphatic carbocycles. The van der Waals surface area contributed by atoms with E-state index in [-0.39, 0.29) is 12.2 Å². The Labute approximate surface area is 86.3 Å². The summed E-state index contributed by atoms with van der Waals surface area (Å²) in [5.41, 5.74) is 9.45.